The molecule has 116 valence electrons. The summed E-state index contributed by atoms with van der Waals surface area (Å²) in [4.78, 5) is 14.4. The summed E-state index contributed by atoms with van der Waals surface area (Å²) in [5.41, 5.74) is 1.90. The lowest BCUT2D eigenvalue weighted by molar-refractivity contribution is 0.0952. The highest BCUT2D eigenvalue weighted by Gasteiger charge is 2.08. The first-order valence-corrected chi connectivity index (χ1v) is 8.34. The average molecular weight is 361 g/mol. The Morgan fingerprint density at radius 2 is 1.77 bits per heavy atom. The molecule has 1 N–H and O–H groups in total. The summed E-state index contributed by atoms with van der Waals surface area (Å²) in [6.45, 7) is 4.70. The average Bonchev–Trinajstić information content (AvgIpc) is 2.56. The number of anilines is 1. The van der Waals surface area contributed by atoms with Gasteiger partial charge in [-0.3, -0.25) is 4.79 Å². The third-order valence-electron chi connectivity index (χ3n) is 3.51. The Morgan fingerprint density at radius 1 is 1.09 bits per heavy atom. The van der Waals surface area contributed by atoms with Crippen LogP contribution in [0.25, 0.3) is 0 Å². The maximum absolute atomic E-state index is 12.1. The quantitative estimate of drug-likeness (QED) is 0.754. The van der Waals surface area contributed by atoms with Crippen molar-refractivity contribution in [3.05, 3.63) is 64.6 Å². The van der Waals surface area contributed by atoms with Gasteiger partial charge in [-0.15, -0.1) is 0 Å². The van der Waals surface area contributed by atoms with Gasteiger partial charge in [0.2, 0.25) is 0 Å². The molecule has 0 fully saturated rings. The number of carbonyl (C=O) groups excluding carboxylic acids is 1. The summed E-state index contributed by atoms with van der Waals surface area (Å²) in [6.07, 6.45) is 0.916. The van der Waals surface area contributed by atoms with Gasteiger partial charge in [-0.25, -0.2) is 0 Å². The van der Waals surface area contributed by atoms with Crippen LogP contribution in [0.4, 0.5) is 5.69 Å². The second kappa shape index (κ2) is 8.59. The molecule has 0 aliphatic rings. The monoisotopic (exact) mass is 360 g/mol. The van der Waals surface area contributed by atoms with Gasteiger partial charge < -0.3 is 10.2 Å². The van der Waals surface area contributed by atoms with Gasteiger partial charge in [0.15, 0.2) is 0 Å². The lowest BCUT2D eigenvalue weighted by Gasteiger charge is -2.23. The zero-order chi connectivity index (χ0) is 15.8. The van der Waals surface area contributed by atoms with Gasteiger partial charge in [-0.05, 0) is 53.5 Å². The highest BCUT2D eigenvalue weighted by molar-refractivity contribution is 9.10. The molecule has 2 aromatic rings. The molecule has 2 rings (SSSR count). The second-order valence-electron chi connectivity index (χ2n) is 5.00. The van der Waals surface area contributed by atoms with E-state index in [1.807, 2.05) is 42.5 Å². The van der Waals surface area contributed by atoms with E-state index in [-0.39, 0.29) is 5.91 Å². The molecule has 0 spiro atoms. The molecule has 0 atom stereocenters. The number of halogens is 1. The Bertz CT molecular complexity index is 601. The summed E-state index contributed by atoms with van der Waals surface area (Å²) < 4.78 is 0.826. The number of benzene rings is 2. The topological polar surface area (TPSA) is 32.3 Å². The maximum atomic E-state index is 12.1. The molecule has 0 aliphatic carbocycles. The van der Waals surface area contributed by atoms with Crippen LogP contribution in [0.1, 0.15) is 23.7 Å². The minimum atomic E-state index is -0.0322. The van der Waals surface area contributed by atoms with Gasteiger partial charge in [-0.2, -0.15) is 0 Å². The molecule has 0 saturated carbocycles. The summed E-state index contributed by atoms with van der Waals surface area (Å²) in [5.74, 6) is -0.0322. The van der Waals surface area contributed by atoms with Crippen molar-refractivity contribution < 1.29 is 4.79 Å². The molecule has 0 aromatic heterocycles. The molecule has 1 amide bonds. The summed E-state index contributed by atoms with van der Waals surface area (Å²) in [7, 11) is 0. The Hall–Kier alpha value is -1.81. The van der Waals surface area contributed by atoms with Crippen LogP contribution in [0.5, 0.6) is 0 Å². The van der Waals surface area contributed by atoms with Gasteiger partial charge in [0, 0.05) is 29.8 Å². The molecule has 0 aliphatic heterocycles. The van der Waals surface area contributed by atoms with E-state index in [1.165, 1.54) is 5.69 Å². The van der Waals surface area contributed by atoms with E-state index in [4.69, 9.17) is 0 Å². The number of amides is 1. The highest BCUT2D eigenvalue weighted by Crippen LogP contribution is 2.15. The Balaban J connectivity index is 1.79. The lowest BCUT2D eigenvalue weighted by Crippen LogP contribution is -2.30. The fourth-order valence-electron chi connectivity index (χ4n) is 2.32. The van der Waals surface area contributed by atoms with Crippen molar-refractivity contribution in [2.24, 2.45) is 0 Å². The van der Waals surface area contributed by atoms with Crippen LogP contribution < -0.4 is 10.2 Å². The molecule has 0 saturated heterocycles. The number of hydrogen-bond acceptors (Lipinski definition) is 2. The maximum Gasteiger partial charge on any atom is 0.252 e. The molecular formula is C18H21BrN2O. The number of para-hydroxylation sites is 1. The van der Waals surface area contributed by atoms with Crippen LogP contribution in [0, 0.1) is 0 Å². The first kappa shape index (κ1) is 16.6. The number of nitrogens with one attached hydrogen (secondary N) is 1. The predicted octanol–water partition coefficient (Wildman–Crippen LogP) is 4.10. The van der Waals surface area contributed by atoms with E-state index in [1.54, 1.807) is 0 Å². The van der Waals surface area contributed by atoms with Gasteiger partial charge >= 0.3 is 0 Å². The third kappa shape index (κ3) is 4.60. The Morgan fingerprint density at radius 3 is 2.45 bits per heavy atom. The molecular weight excluding hydrogens is 340 g/mol. The molecule has 0 bridgehead atoms. The summed E-state index contributed by atoms with van der Waals surface area (Å²) >= 11 is 3.40. The summed E-state index contributed by atoms with van der Waals surface area (Å²) in [6, 6.07) is 17.8. The van der Waals surface area contributed by atoms with Crippen LogP contribution >= 0.6 is 15.9 Å². The SMILES string of the molecule is CCN(CCCNC(=O)c1ccccc1Br)c1ccccc1. The molecule has 0 unspecified atom stereocenters. The number of rotatable bonds is 7. The van der Waals surface area contributed by atoms with E-state index in [2.05, 4.69) is 45.2 Å². The van der Waals surface area contributed by atoms with Crippen LogP contribution in [-0.4, -0.2) is 25.5 Å². The van der Waals surface area contributed by atoms with Crippen molar-refractivity contribution in [2.45, 2.75) is 13.3 Å². The van der Waals surface area contributed by atoms with E-state index >= 15 is 0 Å². The standard InChI is InChI=1S/C18H21BrN2O/c1-2-21(15-9-4-3-5-10-15)14-8-13-20-18(22)16-11-6-7-12-17(16)19/h3-7,9-12H,2,8,13-14H2,1H3,(H,20,22). The minimum absolute atomic E-state index is 0.0322. The number of carbonyl (C=O) groups is 1. The van der Waals surface area contributed by atoms with Crippen LogP contribution in [0.3, 0.4) is 0 Å². The number of hydrogen-bond donors (Lipinski definition) is 1. The smallest absolute Gasteiger partial charge is 0.252 e. The van der Waals surface area contributed by atoms with Crippen molar-refractivity contribution in [3.63, 3.8) is 0 Å². The molecule has 2 aromatic carbocycles. The van der Waals surface area contributed by atoms with Gasteiger partial charge in [0.1, 0.15) is 0 Å². The molecule has 22 heavy (non-hydrogen) atoms. The van der Waals surface area contributed by atoms with Crippen molar-refractivity contribution in [3.8, 4) is 0 Å². The van der Waals surface area contributed by atoms with Crippen molar-refractivity contribution >= 4 is 27.5 Å². The molecule has 4 heteroatoms. The third-order valence-corrected chi connectivity index (χ3v) is 4.20. The lowest BCUT2D eigenvalue weighted by atomic mass is 10.2. The zero-order valence-electron chi connectivity index (χ0n) is 12.8. The van der Waals surface area contributed by atoms with Crippen molar-refractivity contribution in [1.82, 2.24) is 5.32 Å². The van der Waals surface area contributed by atoms with E-state index in [0.29, 0.717) is 12.1 Å². The predicted molar refractivity (Wildman–Crippen MR) is 95.4 cm³/mol. The van der Waals surface area contributed by atoms with Crippen LogP contribution in [-0.2, 0) is 0 Å². The zero-order valence-corrected chi connectivity index (χ0v) is 14.3. The van der Waals surface area contributed by atoms with Gasteiger partial charge in [-0.1, -0.05) is 30.3 Å². The first-order valence-electron chi connectivity index (χ1n) is 7.55. The van der Waals surface area contributed by atoms with Crippen molar-refractivity contribution in [1.29, 1.82) is 0 Å². The van der Waals surface area contributed by atoms with Crippen LogP contribution in [0.15, 0.2) is 59.1 Å². The first-order chi connectivity index (χ1) is 10.7. The summed E-state index contributed by atoms with van der Waals surface area (Å²) in [5, 5.41) is 2.98. The van der Waals surface area contributed by atoms with Crippen molar-refractivity contribution in [2.75, 3.05) is 24.5 Å². The molecule has 0 heterocycles. The Kier molecular flexibility index (Phi) is 6.46. The van der Waals surface area contributed by atoms with Gasteiger partial charge in [0.25, 0.3) is 5.91 Å². The molecule has 0 radical (unpaired) electrons. The van der Waals surface area contributed by atoms with E-state index in [9.17, 15) is 4.79 Å². The van der Waals surface area contributed by atoms with Crippen LogP contribution in [0.2, 0.25) is 0 Å². The molecule has 3 nitrogen and oxygen atoms in total. The Labute approximate surface area is 140 Å². The normalized spacial score (nSPS) is 10.3. The van der Waals surface area contributed by atoms with E-state index in [0.717, 1.165) is 24.0 Å². The fraction of sp³-hybridized carbons (Fsp3) is 0.278. The fourth-order valence-corrected chi connectivity index (χ4v) is 2.79. The van der Waals surface area contributed by atoms with Gasteiger partial charge in [0.05, 0.1) is 5.56 Å². The number of nitrogens with zero attached hydrogens (tertiary/aromatic N) is 1. The minimum Gasteiger partial charge on any atom is -0.372 e. The highest BCUT2D eigenvalue weighted by atomic mass is 79.9. The second-order valence-corrected chi connectivity index (χ2v) is 5.86. The van der Waals surface area contributed by atoms with E-state index < -0.39 is 0 Å². The largest absolute Gasteiger partial charge is 0.372 e.